The molecule has 0 saturated heterocycles. The summed E-state index contributed by atoms with van der Waals surface area (Å²) in [6.07, 6.45) is -0.602. The molecule has 2 aromatic rings. The van der Waals surface area contributed by atoms with Crippen LogP contribution in [0.2, 0.25) is 5.15 Å². The molecule has 1 amide bonds. The van der Waals surface area contributed by atoms with Crippen molar-refractivity contribution in [2.75, 3.05) is 0 Å². The molecule has 1 N–H and O–H groups in total. The molecule has 2 rings (SSSR count). The second-order valence-electron chi connectivity index (χ2n) is 5.49. The molecule has 0 atom stereocenters. The molecule has 0 unspecified atom stereocenters. The van der Waals surface area contributed by atoms with Gasteiger partial charge in [0.25, 0.3) is 5.91 Å². The fraction of sp³-hybridized carbons (Fsp3) is 0.250. The van der Waals surface area contributed by atoms with Gasteiger partial charge in [-0.2, -0.15) is 13.2 Å². The molecule has 0 bridgehead atoms. The number of pyridine rings is 1. The van der Waals surface area contributed by atoms with Gasteiger partial charge >= 0.3 is 6.18 Å². The van der Waals surface area contributed by atoms with Gasteiger partial charge in [0.2, 0.25) is 5.82 Å². The van der Waals surface area contributed by atoms with E-state index in [0.717, 1.165) is 13.8 Å². The number of carbonyl (C=O) groups is 1. The van der Waals surface area contributed by atoms with Crippen LogP contribution in [0.1, 0.15) is 35.6 Å². The van der Waals surface area contributed by atoms with E-state index < -0.39 is 17.6 Å². The Morgan fingerprint density at radius 3 is 2.28 bits per heavy atom. The van der Waals surface area contributed by atoms with Gasteiger partial charge in [-0.15, -0.1) is 0 Å². The maximum atomic E-state index is 12.8. The van der Waals surface area contributed by atoms with Crippen LogP contribution < -0.4 is 5.32 Å². The SMILES string of the molecule is CC(C)(NC(=O)c1ncc(C#Cc2ccnc(Cl)c2)cn1)C(F)(F)F. The largest absolute Gasteiger partial charge is 0.410 e. The lowest BCUT2D eigenvalue weighted by molar-refractivity contribution is -0.182. The fourth-order valence-electron chi connectivity index (χ4n) is 1.54. The number of alkyl halides is 3. The minimum Gasteiger partial charge on any atom is -0.336 e. The molecule has 0 aliphatic carbocycles. The first-order valence-electron chi connectivity index (χ1n) is 6.93. The van der Waals surface area contributed by atoms with E-state index in [-0.39, 0.29) is 5.82 Å². The predicted octanol–water partition coefficient (Wildman–Crippen LogP) is 3.00. The summed E-state index contributed by atoms with van der Waals surface area (Å²) >= 11 is 5.74. The monoisotopic (exact) mass is 368 g/mol. The Morgan fingerprint density at radius 2 is 1.72 bits per heavy atom. The quantitative estimate of drug-likeness (QED) is 0.653. The first kappa shape index (κ1) is 18.7. The Labute approximate surface area is 146 Å². The summed E-state index contributed by atoms with van der Waals surface area (Å²) in [4.78, 5) is 23.1. The molecule has 9 heteroatoms. The van der Waals surface area contributed by atoms with Crippen LogP contribution in [0.15, 0.2) is 30.7 Å². The molecule has 0 aliphatic heterocycles. The highest BCUT2D eigenvalue weighted by Gasteiger charge is 2.48. The van der Waals surface area contributed by atoms with Gasteiger partial charge in [-0.1, -0.05) is 23.4 Å². The van der Waals surface area contributed by atoms with E-state index in [1.165, 1.54) is 18.6 Å². The van der Waals surface area contributed by atoms with Gasteiger partial charge in [0, 0.05) is 24.2 Å². The molecule has 0 saturated carbocycles. The third-order valence-corrected chi connectivity index (χ3v) is 3.27. The van der Waals surface area contributed by atoms with Crippen molar-refractivity contribution in [1.82, 2.24) is 20.3 Å². The zero-order valence-corrected chi connectivity index (χ0v) is 13.9. The summed E-state index contributed by atoms with van der Waals surface area (Å²) in [5.74, 6) is 4.15. The minimum absolute atomic E-state index is 0.294. The molecule has 0 fully saturated rings. The molecular weight excluding hydrogens is 357 g/mol. The third kappa shape index (κ3) is 4.90. The van der Waals surface area contributed by atoms with Crippen LogP contribution in [0.5, 0.6) is 0 Å². The molecule has 2 aromatic heterocycles. The van der Waals surface area contributed by atoms with Crippen molar-refractivity contribution in [2.24, 2.45) is 0 Å². The first-order valence-corrected chi connectivity index (χ1v) is 7.31. The molecule has 0 aliphatic rings. The Balaban J connectivity index is 2.11. The minimum atomic E-state index is -4.60. The standard InChI is InChI=1S/C16H12ClF3N4O/c1-15(2,16(18,19)20)24-14(25)13-22-8-11(9-23-13)4-3-10-5-6-21-12(17)7-10/h5-9H,1-2H3,(H,24,25). The molecule has 5 nitrogen and oxygen atoms in total. The van der Waals surface area contributed by atoms with Gasteiger partial charge in [-0.3, -0.25) is 4.79 Å². The lowest BCUT2D eigenvalue weighted by atomic mass is 10.1. The number of amides is 1. The van der Waals surface area contributed by atoms with E-state index in [4.69, 9.17) is 11.6 Å². The van der Waals surface area contributed by atoms with Crippen molar-refractivity contribution >= 4 is 17.5 Å². The molecule has 0 aromatic carbocycles. The number of hydrogen-bond donors (Lipinski definition) is 1. The van der Waals surface area contributed by atoms with Crippen LogP contribution in [0, 0.1) is 11.8 Å². The number of nitrogens with one attached hydrogen (secondary N) is 1. The highest BCUT2D eigenvalue weighted by atomic mass is 35.5. The Morgan fingerprint density at radius 1 is 1.12 bits per heavy atom. The molecule has 0 radical (unpaired) electrons. The van der Waals surface area contributed by atoms with Crippen LogP contribution in [0.25, 0.3) is 0 Å². The predicted molar refractivity (Wildman–Crippen MR) is 84.9 cm³/mol. The molecule has 130 valence electrons. The zero-order chi connectivity index (χ0) is 18.7. The van der Waals surface area contributed by atoms with Gasteiger partial charge < -0.3 is 5.32 Å². The van der Waals surface area contributed by atoms with Crippen molar-refractivity contribution in [1.29, 1.82) is 0 Å². The van der Waals surface area contributed by atoms with Crippen molar-refractivity contribution in [3.8, 4) is 11.8 Å². The van der Waals surface area contributed by atoms with Crippen molar-refractivity contribution in [3.05, 3.63) is 52.8 Å². The number of nitrogens with zero attached hydrogens (tertiary/aromatic N) is 3. The summed E-state index contributed by atoms with van der Waals surface area (Å²) in [6, 6.07) is 3.22. The summed E-state index contributed by atoms with van der Waals surface area (Å²) in [7, 11) is 0. The third-order valence-electron chi connectivity index (χ3n) is 3.07. The molecular formula is C16H12ClF3N4O. The fourth-order valence-corrected chi connectivity index (χ4v) is 1.72. The summed E-state index contributed by atoms with van der Waals surface area (Å²) in [5.41, 5.74) is -1.39. The number of rotatable bonds is 2. The van der Waals surface area contributed by atoms with Crippen LogP contribution >= 0.6 is 11.6 Å². The first-order chi connectivity index (χ1) is 11.6. The smallest absolute Gasteiger partial charge is 0.336 e. The second-order valence-corrected chi connectivity index (χ2v) is 5.88. The van der Waals surface area contributed by atoms with Crippen LogP contribution in [-0.2, 0) is 0 Å². The van der Waals surface area contributed by atoms with Crippen LogP contribution in [0.3, 0.4) is 0 Å². The lowest BCUT2D eigenvalue weighted by Gasteiger charge is -2.28. The summed E-state index contributed by atoms with van der Waals surface area (Å²) in [5, 5.41) is 2.14. The van der Waals surface area contributed by atoms with Gasteiger partial charge in [0.05, 0.1) is 5.56 Å². The van der Waals surface area contributed by atoms with Crippen LogP contribution in [0.4, 0.5) is 13.2 Å². The van der Waals surface area contributed by atoms with Gasteiger partial charge in [-0.25, -0.2) is 15.0 Å². The van der Waals surface area contributed by atoms with E-state index in [0.29, 0.717) is 16.3 Å². The number of hydrogen-bond acceptors (Lipinski definition) is 4. The molecule has 25 heavy (non-hydrogen) atoms. The highest BCUT2D eigenvalue weighted by molar-refractivity contribution is 6.29. The summed E-state index contributed by atoms with van der Waals surface area (Å²) < 4.78 is 38.3. The number of halogens is 4. The van der Waals surface area contributed by atoms with Gasteiger partial charge in [0.15, 0.2) is 0 Å². The average molecular weight is 369 g/mol. The van der Waals surface area contributed by atoms with Crippen molar-refractivity contribution in [2.45, 2.75) is 25.6 Å². The van der Waals surface area contributed by atoms with Crippen molar-refractivity contribution in [3.63, 3.8) is 0 Å². The zero-order valence-electron chi connectivity index (χ0n) is 13.1. The normalized spacial score (nSPS) is 11.4. The highest BCUT2D eigenvalue weighted by Crippen LogP contribution is 2.29. The van der Waals surface area contributed by atoms with E-state index >= 15 is 0 Å². The van der Waals surface area contributed by atoms with E-state index in [1.807, 2.05) is 5.32 Å². The van der Waals surface area contributed by atoms with Crippen LogP contribution in [-0.4, -0.2) is 32.6 Å². The Hall–Kier alpha value is -2.66. The van der Waals surface area contributed by atoms with Gasteiger partial charge in [0.1, 0.15) is 10.7 Å². The maximum absolute atomic E-state index is 12.8. The van der Waals surface area contributed by atoms with E-state index in [9.17, 15) is 18.0 Å². The summed E-state index contributed by atoms with van der Waals surface area (Å²) in [6.45, 7) is 1.70. The van der Waals surface area contributed by atoms with Crippen molar-refractivity contribution < 1.29 is 18.0 Å². The molecule has 0 spiro atoms. The topological polar surface area (TPSA) is 67.8 Å². The van der Waals surface area contributed by atoms with Gasteiger partial charge in [-0.05, 0) is 26.0 Å². The Kier molecular flexibility index (Phi) is 5.28. The van der Waals surface area contributed by atoms with E-state index in [2.05, 4.69) is 26.8 Å². The Bertz CT molecular complexity index is 839. The average Bonchev–Trinajstić information content (AvgIpc) is 2.52. The van der Waals surface area contributed by atoms with E-state index in [1.54, 1.807) is 12.1 Å². The second kappa shape index (κ2) is 7.07. The maximum Gasteiger partial charge on any atom is 0.410 e. The lowest BCUT2D eigenvalue weighted by Crippen LogP contribution is -2.54. The molecule has 2 heterocycles. The number of carbonyl (C=O) groups excluding carboxylic acids is 1. The number of aromatic nitrogens is 3.